The number of hydrogen-bond acceptors (Lipinski definition) is 4. The summed E-state index contributed by atoms with van der Waals surface area (Å²) in [5.74, 6) is 0. The lowest BCUT2D eigenvalue weighted by Gasteiger charge is -2.07. The van der Waals surface area contributed by atoms with Gasteiger partial charge in [-0.05, 0) is 46.6 Å². The molecule has 1 heterocycles. The quantitative estimate of drug-likeness (QED) is 0.914. The second kappa shape index (κ2) is 5.33. The van der Waals surface area contributed by atoms with Crippen LogP contribution in [0.4, 0.5) is 5.69 Å². The van der Waals surface area contributed by atoms with Crippen LogP contribution in [0, 0.1) is 18.3 Å². The molecule has 4 nitrogen and oxygen atoms in total. The Labute approximate surface area is 123 Å². The van der Waals surface area contributed by atoms with Gasteiger partial charge in [0.2, 0.25) is 0 Å². The van der Waals surface area contributed by atoms with Gasteiger partial charge >= 0.3 is 0 Å². The number of aryl methyl sites for hydroxylation is 1. The van der Waals surface area contributed by atoms with Gasteiger partial charge in [-0.25, -0.2) is 8.42 Å². The van der Waals surface area contributed by atoms with Gasteiger partial charge in [0.15, 0.2) is 0 Å². The number of anilines is 1. The van der Waals surface area contributed by atoms with Crippen LogP contribution in [0.1, 0.15) is 11.1 Å². The Morgan fingerprint density at radius 2 is 2.05 bits per heavy atom. The second-order valence-corrected chi connectivity index (χ2v) is 8.06. The van der Waals surface area contributed by atoms with Gasteiger partial charge in [0.1, 0.15) is 10.3 Å². The van der Waals surface area contributed by atoms with E-state index in [0.29, 0.717) is 5.56 Å². The summed E-state index contributed by atoms with van der Waals surface area (Å²) < 4.78 is 27.8. The fourth-order valence-electron chi connectivity index (χ4n) is 1.43. The molecule has 0 spiro atoms. The number of nitrogens with one attached hydrogen (secondary N) is 1. The van der Waals surface area contributed by atoms with Crippen molar-refractivity contribution in [1.29, 1.82) is 5.26 Å². The molecule has 19 heavy (non-hydrogen) atoms. The van der Waals surface area contributed by atoms with Crippen LogP contribution in [0.15, 0.2) is 38.3 Å². The molecule has 0 atom stereocenters. The first-order chi connectivity index (χ1) is 8.94. The van der Waals surface area contributed by atoms with Crippen LogP contribution in [0.25, 0.3) is 0 Å². The summed E-state index contributed by atoms with van der Waals surface area (Å²) >= 11 is 4.43. The van der Waals surface area contributed by atoms with Crippen molar-refractivity contribution >= 4 is 43.0 Å². The van der Waals surface area contributed by atoms with Crippen LogP contribution in [0.3, 0.4) is 0 Å². The van der Waals surface area contributed by atoms with Crippen molar-refractivity contribution in [3.63, 3.8) is 0 Å². The average Bonchev–Trinajstić information content (AvgIpc) is 2.71. The van der Waals surface area contributed by atoms with Gasteiger partial charge in [-0.15, -0.1) is 11.3 Å². The lowest BCUT2D eigenvalue weighted by atomic mass is 10.2. The zero-order chi connectivity index (χ0) is 14.0. The molecule has 0 bridgehead atoms. The van der Waals surface area contributed by atoms with Crippen molar-refractivity contribution in [2.45, 2.75) is 11.1 Å². The lowest BCUT2D eigenvalue weighted by molar-refractivity contribution is 0.603. The molecule has 0 unspecified atom stereocenters. The van der Waals surface area contributed by atoms with E-state index in [1.807, 2.05) is 13.0 Å². The number of rotatable bonds is 3. The third-order valence-electron chi connectivity index (χ3n) is 2.39. The number of halogens is 1. The second-order valence-electron chi connectivity index (χ2n) is 3.79. The zero-order valence-corrected chi connectivity index (χ0v) is 13.1. The van der Waals surface area contributed by atoms with Crippen LogP contribution >= 0.6 is 27.3 Å². The first-order valence-electron chi connectivity index (χ1n) is 5.22. The van der Waals surface area contributed by atoms with E-state index in [9.17, 15) is 8.42 Å². The first-order valence-corrected chi connectivity index (χ1v) is 8.31. The minimum absolute atomic E-state index is 0.213. The molecule has 0 aliphatic rings. The normalized spacial score (nSPS) is 11.0. The van der Waals surface area contributed by atoms with Gasteiger partial charge in [0.05, 0.1) is 15.0 Å². The highest BCUT2D eigenvalue weighted by atomic mass is 79.9. The standard InChI is InChI=1S/C12H9BrN2O2S2/c1-8-6-11(18-12(8)13)19(16,17)15-10-5-3-2-4-9(10)7-14/h2-6,15H,1H3. The molecule has 2 aromatic rings. The highest BCUT2D eigenvalue weighted by Crippen LogP contribution is 2.31. The topological polar surface area (TPSA) is 70.0 Å². The summed E-state index contributed by atoms with van der Waals surface area (Å²) in [5, 5.41) is 8.94. The molecule has 0 amide bonds. The molecule has 1 aromatic heterocycles. The Morgan fingerprint density at radius 1 is 1.37 bits per heavy atom. The monoisotopic (exact) mass is 356 g/mol. The molecule has 2 rings (SSSR count). The fourth-order valence-corrected chi connectivity index (χ4v) is 4.73. The number of sulfonamides is 1. The van der Waals surface area contributed by atoms with Gasteiger partial charge < -0.3 is 0 Å². The summed E-state index contributed by atoms with van der Waals surface area (Å²) in [6.07, 6.45) is 0. The minimum atomic E-state index is -3.66. The summed E-state index contributed by atoms with van der Waals surface area (Å²) in [6.45, 7) is 1.82. The van der Waals surface area contributed by atoms with E-state index in [-0.39, 0.29) is 9.90 Å². The summed E-state index contributed by atoms with van der Waals surface area (Å²) in [5.41, 5.74) is 1.43. The van der Waals surface area contributed by atoms with E-state index in [2.05, 4.69) is 20.7 Å². The fraction of sp³-hybridized carbons (Fsp3) is 0.0833. The Bertz CT molecular complexity index is 741. The van der Waals surface area contributed by atoms with E-state index in [1.165, 1.54) is 0 Å². The van der Waals surface area contributed by atoms with Gasteiger partial charge in [-0.1, -0.05) is 12.1 Å². The molecule has 1 aromatic carbocycles. The van der Waals surface area contributed by atoms with Gasteiger partial charge in [-0.3, -0.25) is 4.72 Å². The molecule has 0 aliphatic heterocycles. The van der Waals surface area contributed by atoms with Crippen LogP contribution in [-0.4, -0.2) is 8.42 Å². The summed E-state index contributed by atoms with van der Waals surface area (Å²) in [4.78, 5) is 0. The smallest absolute Gasteiger partial charge is 0.271 e. The maximum atomic E-state index is 12.2. The largest absolute Gasteiger partial charge is 0.278 e. The maximum absolute atomic E-state index is 12.2. The number of nitriles is 1. The third-order valence-corrected chi connectivity index (χ3v) is 6.37. The van der Waals surface area contributed by atoms with Crippen LogP contribution < -0.4 is 4.72 Å². The molecule has 0 saturated carbocycles. The Morgan fingerprint density at radius 3 is 2.63 bits per heavy atom. The number of para-hydroxylation sites is 1. The number of benzene rings is 1. The third kappa shape index (κ3) is 2.97. The summed E-state index contributed by atoms with van der Waals surface area (Å²) in [6, 6.07) is 10.0. The number of thiophene rings is 1. The molecule has 7 heteroatoms. The van der Waals surface area contributed by atoms with Crippen LogP contribution in [-0.2, 0) is 10.0 Å². The molecule has 0 aliphatic carbocycles. The van der Waals surface area contributed by atoms with Crippen LogP contribution in [0.2, 0.25) is 0 Å². The Balaban J connectivity index is 2.40. The minimum Gasteiger partial charge on any atom is -0.278 e. The van der Waals surface area contributed by atoms with Crippen molar-refractivity contribution in [2.75, 3.05) is 4.72 Å². The van der Waals surface area contributed by atoms with Crippen molar-refractivity contribution < 1.29 is 8.42 Å². The van der Waals surface area contributed by atoms with Crippen molar-refractivity contribution in [3.05, 3.63) is 45.2 Å². The molecular formula is C12H9BrN2O2S2. The molecule has 0 saturated heterocycles. The van der Waals surface area contributed by atoms with Crippen molar-refractivity contribution in [1.82, 2.24) is 0 Å². The molecule has 0 radical (unpaired) electrons. The SMILES string of the molecule is Cc1cc(S(=O)(=O)Nc2ccccc2C#N)sc1Br. The number of nitrogens with zero attached hydrogens (tertiary/aromatic N) is 1. The molecule has 1 N–H and O–H groups in total. The van der Waals surface area contributed by atoms with Crippen molar-refractivity contribution in [3.8, 4) is 6.07 Å². The van der Waals surface area contributed by atoms with Gasteiger partial charge in [0, 0.05) is 0 Å². The van der Waals surface area contributed by atoms with E-state index in [4.69, 9.17) is 5.26 Å². The molecular weight excluding hydrogens is 348 g/mol. The van der Waals surface area contributed by atoms with Crippen LogP contribution in [0.5, 0.6) is 0 Å². The predicted octanol–water partition coefficient (Wildman–Crippen LogP) is 3.49. The highest BCUT2D eigenvalue weighted by Gasteiger charge is 2.19. The Hall–Kier alpha value is -1.36. The highest BCUT2D eigenvalue weighted by molar-refractivity contribution is 9.11. The lowest BCUT2D eigenvalue weighted by Crippen LogP contribution is -2.12. The molecule has 0 fully saturated rings. The maximum Gasteiger partial charge on any atom is 0.271 e. The van der Waals surface area contributed by atoms with E-state index < -0.39 is 10.0 Å². The first kappa shape index (κ1) is 14.1. The van der Waals surface area contributed by atoms with E-state index in [0.717, 1.165) is 20.7 Å². The predicted molar refractivity (Wildman–Crippen MR) is 78.7 cm³/mol. The number of hydrogen-bond donors (Lipinski definition) is 1. The van der Waals surface area contributed by atoms with E-state index in [1.54, 1.807) is 30.3 Å². The van der Waals surface area contributed by atoms with Gasteiger partial charge in [0.25, 0.3) is 10.0 Å². The average molecular weight is 357 g/mol. The summed E-state index contributed by atoms with van der Waals surface area (Å²) in [7, 11) is -3.66. The van der Waals surface area contributed by atoms with E-state index >= 15 is 0 Å². The van der Waals surface area contributed by atoms with Gasteiger partial charge in [-0.2, -0.15) is 5.26 Å². The zero-order valence-electron chi connectivity index (χ0n) is 9.84. The Kier molecular flexibility index (Phi) is 3.94. The molecule has 98 valence electrons. The van der Waals surface area contributed by atoms with Crippen molar-refractivity contribution in [2.24, 2.45) is 0 Å².